The van der Waals surface area contributed by atoms with Crippen LogP contribution in [0.4, 0.5) is 55.7 Å². The van der Waals surface area contributed by atoms with Crippen LogP contribution in [0.15, 0.2) is 60.7 Å². The maximum atomic E-state index is 13.3. The number of amides is 2. The molecule has 0 saturated heterocycles. The molecule has 3 aromatic carbocycles. The molecule has 2 amide bonds. The van der Waals surface area contributed by atoms with Gasteiger partial charge in [-0.2, -0.15) is 39.5 Å². The van der Waals surface area contributed by atoms with Crippen LogP contribution < -0.4 is 15.4 Å². The Labute approximate surface area is 223 Å². The summed E-state index contributed by atoms with van der Waals surface area (Å²) in [5, 5.41) is 3.82. The fourth-order valence-corrected chi connectivity index (χ4v) is 3.51. The number of nitrogens with one attached hydrogen (secondary N) is 2. The number of alkyl halides is 9. The third kappa shape index (κ3) is 7.60. The molecule has 13 heteroatoms. The molecule has 0 aliphatic heterocycles. The summed E-state index contributed by atoms with van der Waals surface area (Å²) in [5.74, 6) is -0.0581. The van der Waals surface area contributed by atoms with Crippen molar-refractivity contribution >= 4 is 17.4 Å². The van der Waals surface area contributed by atoms with Gasteiger partial charge in [0.1, 0.15) is 5.75 Å². The summed E-state index contributed by atoms with van der Waals surface area (Å²) in [5.41, 5.74) is -5.17. The molecule has 0 aromatic heterocycles. The largest absolute Gasteiger partial charge is 0.455 e. The van der Waals surface area contributed by atoms with Gasteiger partial charge in [0.15, 0.2) is 5.75 Å². The number of ether oxygens (including phenoxy) is 1. The van der Waals surface area contributed by atoms with E-state index in [0.29, 0.717) is 12.1 Å². The van der Waals surface area contributed by atoms with Crippen molar-refractivity contribution < 1.29 is 49.0 Å². The molecular formula is C27H23F9N2O2. The minimum atomic E-state index is -5.17. The highest BCUT2D eigenvalue weighted by Crippen LogP contribution is 2.39. The summed E-state index contributed by atoms with van der Waals surface area (Å²) < 4.78 is 124. The normalized spacial score (nSPS) is 12.7. The van der Waals surface area contributed by atoms with Crippen molar-refractivity contribution in [3.8, 4) is 11.5 Å². The van der Waals surface area contributed by atoms with Gasteiger partial charge in [0.05, 0.1) is 22.4 Å². The zero-order valence-corrected chi connectivity index (χ0v) is 21.2. The number of carbonyl (C=O) groups is 1. The number of hydrogen-bond donors (Lipinski definition) is 2. The smallest absolute Gasteiger partial charge is 0.416 e. The monoisotopic (exact) mass is 578 g/mol. The van der Waals surface area contributed by atoms with E-state index in [2.05, 4.69) is 0 Å². The summed E-state index contributed by atoms with van der Waals surface area (Å²) in [4.78, 5) is 12.5. The standard InChI is InChI=1S/C27H23F9N2O2/c1-4-24(2,3)15-5-8-20(9-6-15)40-22-10-7-16(25(28,29)30)14-21(22)38-23(39)37-19-12-17(26(31,32)33)11-18(13-19)27(34,35)36/h5-14H,4H2,1-3H3,(H2,37,38,39). The van der Waals surface area contributed by atoms with E-state index >= 15 is 0 Å². The predicted octanol–water partition coefficient (Wildman–Crippen LogP) is 9.87. The summed E-state index contributed by atoms with van der Waals surface area (Å²) in [7, 11) is 0. The lowest BCUT2D eigenvalue weighted by atomic mass is 9.82. The Morgan fingerprint density at radius 2 is 1.18 bits per heavy atom. The zero-order chi connectivity index (χ0) is 30.1. The Hall–Kier alpha value is -3.90. The number of halogens is 9. The van der Waals surface area contributed by atoms with Crippen LogP contribution >= 0.6 is 0 Å². The van der Waals surface area contributed by atoms with E-state index in [0.717, 1.165) is 18.1 Å². The van der Waals surface area contributed by atoms with Gasteiger partial charge >= 0.3 is 24.6 Å². The molecule has 216 valence electrons. The predicted molar refractivity (Wildman–Crippen MR) is 130 cm³/mol. The first-order chi connectivity index (χ1) is 18.3. The van der Waals surface area contributed by atoms with Crippen LogP contribution in [-0.4, -0.2) is 6.03 Å². The van der Waals surface area contributed by atoms with Crippen LogP contribution in [0, 0.1) is 0 Å². The van der Waals surface area contributed by atoms with E-state index in [1.54, 1.807) is 24.3 Å². The summed E-state index contributed by atoms with van der Waals surface area (Å²) in [6.07, 6.45) is -14.3. The lowest BCUT2D eigenvalue weighted by Gasteiger charge is -2.23. The van der Waals surface area contributed by atoms with E-state index in [4.69, 9.17) is 4.74 Å². The molecule has 0 unspecified atom stereocenters. The van der Waals surface area contributed by atoms with Crippen LogP contribution in [0.1, 0.15) is 49.4 Å². The Kier molecular flexibility index (Phi) is 8.37. The summed E-state index contributed by atoms with van der Waals surface area (Å²) >= 11 is 0. The van der Waals surface area contributed by atoms with E-state index in [9.17, 15) is 44.3 Å². The molecule has 0 spiro atoms. The number of urea groups is 1. The molecule has 3 rings (SSSR count). The molecule has 0 aliphatic rings. The van der Waals surface area contributed by atoms with Gasteiger partial charge in [-0.25, -0.2) is 4.79 Å². The first-order valence-corrected chi connectivity index (χ1v) is 11.7. The maximum Gasteiger partial charge on any atom is 0.416 e. The molecule has 0 radical (unpaired) electrons. The number of rotatable bonds is 6. The SMILES string of the molecule is CCC(C)(C)c1ccc(Oc2ccc(C(F)(F)F)cc2NC(=O)Nc2cc(C(F)(F)F)cc(C(F)(F)F)c2)cc1. The van der Waals surface area contributed by atoms with E-state index in [1.807, 2.05) is 31.4 Å². The van der Waals surface area contributed by atoms with Gasteiger partial charge in [-0.05, 0) is 65.9 Å². The fraction of sp³-hybridized carbons (Fsp3) is 0.296. The average Bonchev–Trinajstić information content (AvgIpc) is 2.83. The first-order valence-electron chi connectivity index (χ1n) is 11.7. The van der Waals surface area contributed by atoms with Crippen molar-refractivity contribution in [2.24, 2.45) is 0 Å². The lowest BCUT2D eigenvalue weighted by molar-refractivity contribution is -0.143. The number of carbonyl (C=O) groups excluding carboxylic acids is 1. The van der Waals surface area contributed by atoms with Gasteiger partial charge in [-0.1, -0.05) is 32.9 Å². The molecule has 4 nitrogen and oxygen atoms in total. The highest BCUT2D eigenvalue weighted by molar-refractivity contribution is 6.01. The Morgan fingerprint density at radius 1 is 0.675 bits per heavy atom. The maximum absolute atomic E-state index is 13.3. The molecule has 0 bridgehead atoms. The van der Waals surface area contributed by atoms with Gasteiger partial charge in [0, 0.05) is 5.69 Å². The molecule has 0 aliphatic carbocycles. The van der Waals surface area contributed by atoms with Gasteiger partial charge in [0.25, 0.3) is 0 Å². The number of hydrogen-bond acceptors (Lipinski definition) is 2. The van der Waals surface area contributed by atoms with Crippen LogP contribution in [0.3, 0.4) is 0 Å². The van der Waals surface area contributed by atoms with Gasteiger partial charge < -0.3 is 15.4 Å². The third-order valence-electron chi connectivity index (χ3n) is 6.15. The molecule has 0 saturated carbocycles. The summed E-state index contributed by atoms with van der Waals surface area (Å²) in [6.45, 7) is 6.03. The first kappa shape index (κ1) is 30.6. The average molecular weight is 578 g/mol. The van der Waals surface area contributed by atoms with E-state index < -0.39 is 52.6 Å². The van der Waals surface area contributed by atoms with Crippen molar-refractivity contribution in [2.75, 3.05) is 10.6 Å². The molecule has 40 heavy (non-hydrogen) atoms. The topological polar surface area (TPSA) is 50.4 Å². The number of benzene rings is 3. The van der Waals surface area contributed by atoms with Crippen LogP contribution in [-0.2, 0) is 23.9 Å². The van der Waals surface area contributed by atoms with Crippen molar-refractivity contribution in [3.63, 3.8) is 0 Å². The third-order valence-corrected chi connectivity index (χ3v) is 6.15. The second kappa shape index (κ2) is 10.9. The van der Waals surface area contributed by atoms with Gasteiger partial charge in [0.2, 0.25) is 0 Å². The van der Waals surface area contributed by atoms with Crippen molar-refractivity contribution in [3.05, 3.63) is 82.9 Å². The lowest BCUT2D eigenvalue weighted by Crippen LogP contribution is -2.21. The molecule has 0 heterocycles. The Bertz CT molecular complexity index is 1330. The second-order valence-electron chi connectivity index (χ2n) is 9.45. The highest BCUT2D eigenvalue weighted by Gasteiger charge is 2.37. The molecule has 0 fully saturated rings. The molecule has 3 aromatic rings. The quantitative estimate of drug-likeness (QED) is 0.286. The molecular weight excluding hydrogens is 555 g/mol. The van der Waals surface area contributed by atoms with Crippen molar-refractivity contribution in [2.45, 2.75) is 51.1 Å². The minimum Gasteiger partial charge on any atom is -0.455 e. The van der Waals surface area contributed by atoms with Crippen LogP contribution in [0.25, 0.3) is 0 Å². The molecule has 0 atom stereocenters. The summed E-state index contributed by atoms with van der Waals surface area (Å²) in [6, 6.07) is 7.77. The number of anilines is 2. The Morgan fingerprint density at radius 3 is 1.65 bits per heavy atom. The van der Waals surface area contributed by atoms with Gasteiger partial charge in [-0.3, -0.25) is 0 Å². The highest BCUT2D eigenvalue weighted by atomic mass is 19.4. The molecule has 2 N–H and O–H groups in total. The van der Waals surface area contributed by atoms with E-state index in [-0.39, 0.29) is 35.1 Å². The van der Waals surface area contributed by atoms with Crippen LogP contribution in [0.5, 0.6) is 11.5 Å². The van der Waals surface area contributed by atoms with Crippen molar-refractivity contribution in [1.82, 2.24) is 0 Å². The van der Waals surface area contributed by atoms with Gasteiger partial charge in [-0.15, -0.1) is 0 Å². The van der Waals surface area contributed by atoms with Crippen LogP contribution in [0.2, 0.25) is 0 Å². The second-order valence-corrected chi connectivity index (χ2v) is 9.45. The minimum absolute atomic E-state index is 0.130. The van der Waals surface area contributed by atoms with E-state index in [1.165, 1.54) is 0 Å². The zero-order valence-electron chi connectivity index (χ0n) is 21.2. The fourth-order valence-electron chi connectivity index (χ4n) is 3.51. The van der Waals surface area contributed by atoms with Crippen molar-refractivity contribution in [1.29, 1.82) is 0 Å². The Balaban J connectivity index is 1.92.